The number of hydrogen-bond donors (Lipinski definition) is 2. The maximum Gasteiger partial charge on any atom is 0.243 e. The highest BCUT2D eigenvalue weighted by molar-refractivity contribution is 14.1. The predicted molar refractivity (Wildman–Crippen MR) is 87.5 cm³/mol. The van der Waals surface area contributed by atoms with Gasteiger partial charge in [-0.1, -0.05) is 18.2 Å². The number of aryl methyl sites for hydroxylation is 1. The van der Waals surface area contributed by atoms with Gasteiger partial charge in [-0.05, 0) is 65.4 Å². The second kappa shape index (κ2) is 6.56. The molecule has 0 saturated heterocycles. The first-order chi connectivity index (χ1) is 9.13. The van der Waals surface area contributed by atoms with E-state index in [1.54, 1.807) is 0 Å². The molecule has 2 aromatic rings. The Hall–Kier alpha value is -1.56. The molecule has 0 bridgehead atoms. The Morgan fingerprint density at radius 1 is 1.11 bits per heavy atom. The normalized spacial score (nSPS) is 10.0. The highest BCUT2D eigenvalue weighted by Gasteiger charge is 2.02. The summed E-state index contributed by atoms with van der Waals surface area (Å²) >= 11 is 2.24. The average Bonchev–Trinajstić information content (AvgIpc) is 2.36. The van der Waals surface area contributed by atoms with Gasteiger partial charge in [0.1, 0.15) is 0 Å². The molecule has 0 atom stereocenters. The third kappa shape index (κ3) is 4.55. The average molecular weight is 366 g/mol. The molecule has 0 spiro atoms. The molecule has 4 heteroatoms. The van der Waals surface area contributed by atoms with Crippen molar-refractivity contribution in [2.24, 2.45) is 0 Å². The van der Waals surface area contributed by atoms with Crippen molar-refractivity contribution in [3.63, 3.8) is 0 Å². The Bertz CT molecular complexity index is 584. The van der Waals surface area contributed by atoms with Crippen molar-refractivity contribution in [2.75, 3.05) is 17.2 Å². The Morgan fingerprint density at radius 2 is 1.84 bits per heavy atom. The van der Waals surface area contributed by atoms with Crippen molar-refractivity contribution in [3.05, 3.63) is 57.7 Å². The van der Waals surface area contributed by atoms with Gasteiger partial charge >= 0.3 is 0 Å². The molecule has 0 radical (unpaired) electrons. The quantitative estimate of drug-likeness (QED) is 0.812. The van der Waals surface area contributed by atoms with Crippen LogP contribution in [0.1, 0.15) is 5.56 Å². The van der Waals surface area contributed by atoms with E-state index in [0.29, 0.717) is 0 Å². The summed E-state index contributed by atoms with van der Waals surface area (Å²) in [6.07, 6.45) is 0. The molecule has 0 heterocycles. The Balaban J connectivity index is 1.88. The van der Waals surface area contributed by atoms with Crippen LogP contribution in [0, 0.1) is 10.5 Å². The number of rotatable bonds is 4. The summed E-state index contributed by atoms with van der Waals surface area (Å²) in [6, 6.07) is 15.7. The van der Waals surface area contributed by atoms with Gasteiger partial charge in [0.25, 0.3) is 0 Å². The fraction of sp³-hybridized carbons (Fsp3) is 0.133. The lowest BCUT2D eigenvalue weighted by Gasteiger charge is -2.08. The number of carbonyl (C=O) groups excluding carboxylic acids is 1. The van der Waals surface area contributed by atoms with Crippen molar-refractivity contribution in [3.8, 4) is 0 Å². The summed E-state index contributed by atoms with van der Waals surface area (Å²) in [4.78, 5) is 11.8. The molecule has 0 aliphatic rings. The van der Waals surface area contributed by atoms with Gasteiger partial charge in [0.15, 0.2) is 0 Å². The summed E-state index contributed by atoms with van der Waals surface area (Å²) in [6.45, 7) is 2.26. The van der Waals surface area contributed by atoms with E-state index in [0.717, 1.165) is 20.5 Å². The number of benzene rings is 2. The zero-order valence-corrected chi connectivity index (χ0v) is 12.8. The van der Waals surface area contributed by atoms with E-state index in [4.69, 9.17) is 0 Å². The number of carbonyl (C=O) groups is 1. The second-order valence-electron chi connectivity index (χ2n) is 4.28. The van der Waals surface area contributed by atoms with Gasteiger partial charge in [0.2, 0.25) is 5.91 Å². The zero-order valence-electron chi connectivity index (χ0n) is 10.6. The van der Waals surface area contributed by atoms with E-state index in [1.807, 2.05) is 55.5 Å². The first-order valence-corrected chi connectivity index (χ1v) is 7.07. The van der Waals surface area contributed by atoms with Crippen LogP contribution in [0.5, 0.6) is 0 Å². The van der Waals surface area contributed by atoms with Crippen LogP contribution < -0.4 is 10.6 Å². The van der Waals surface area contributed by atoms with Crippen LogP contribution in [0.2, 0.25) is 0 Å². The van der Waals surface area contributed by atoms with Crippen LogP contribution in [-0.2, 0) is 4.79 Å². The molecule has 0 unspecified atom stereocenters. The molecular formula is C15H15IN2O. The standard InChI is InChI=1S/C15H15IN2O/c1-11-4-2-7-14(8-11)18-15(19)10-17-13-6-3-5-12(16)9-13/h2-9,17H,10H2,1H3,(H,18,19). The summed E-state index contributed by atoms with van der Waals surface area (Å²) in [5.74, 6) is -0.0514. The number of nitrogens with one attached hydrogen (secondary N) is 2. The minimum Gasteiger partial charge on any atom is -0.376 e. The van der Waals surface area contributed by atoms with E-state index in [9.17, 15) is 4.79 Å². The molecule has 2 rings (SSSR count). The monoisotopic (exact) mass is 366 g/mol. The Labute approximate surface area is 126 Å². The van der Waals surface area contributed by atoms with Crippen molar-refractivity contribution in [2.45, 2.75) is 6.92 Å². The van der Waals surface area contributed by atoms with Crippen LogP contribution in [-0.4, -0.2) is 12.5 Å². The molecule has 1 amide bonds. The number of halogens is 1. The molecule has 0 aliphatic carbocycles. The molecular weight excluding hydrogens is 351 g/mol. The lowest BCUT2D eigenvalue weighted by atomic mass is 10.2. The fourth-order valence-electron chi connectivity index (χ4n) is 1.71. The van der Waals surface area contributed by atoms with Crippen LogP contribution in [0.4, 0.5) is 11.4 Å². The number of amides is 1. The van der Waals surface area contributed by atoms with Crippen LogP contribution in [0.3, 0.4) is 0 Å². The molecule has 0 aromatic heterocycles. The number of hydrogen-bond acceptors (Lipinski definition) is 2. The van der Waals surface area contributed by atoms with Gasteiger partial charge in [0.05, 0.1) is 6.54 Å². The molecule has 3 nitrogen and oxygen atoms in total. The Kier molecular flexibility index (Phi) is 4.79. The molecule has 2 aromatic carbocycles. The molecule has 19 heavy (non-hydrogen) atoms. The summed E-state index contributed by atoms with van der Waals surface area (Å²) in [7, 11) is 0. The van der Waals surface area contributed by atoms with E-state index in [-0.39, 0.29) is 12.5 Å². The van der Waals surface area contributed by atoms with E-state index in [1.165, 1.54) is 0 Å². The van der Waals surface area contributed by atoms with Gasteiger partial charge in [0, 0.05) is 14.9 Å². The summed E-state index contributed by atoms with van der Waals surface area (Å²) < 4.78 is 1.14. The van der Waals surface area contributed by atoms with E-state index < -0.39 is 0 Å². The van der Waals surface area contributed by atoms with Crippen molar-refractivity contribution >= 4 is 39.9 Å². The number of anilines is 2. The fourth-order valence-corrected chi connectivity index (χ4v) is 2.25. The summed E-state index contributed by atoms with van der Waals surface area (Å²) in [5.41, 5.74) is 2.91. The molecule has 0 aliphatic heterocycles. The Morgan fingerprint density at radius 3 is 2.58 bits per heavy atom. The molecule has 98 valence electrons. The maximum absolute atomic E-state index is 11.8. The van der Waals surface area contributed by atoms with E-state index in [2.05, 4.69) is 33.2 Å². The maximum atomic E-state index is 11.8. The predicted octanol–water partition coefficient (Wildman–Crippen LogP) is 3.65. The first kappa shape index (κ1) is 13.9. The lowest BCUT2D eigenvalue weighted by molar-refractivity contribution is -0.114. The highest BCUT2D eigenvalue weighted by Crippen LogP contribution is 2.12. The van der Waals surface area contributed by atoms with Crippen LogP contribution >= 0.6 is 22.6 Å². The smallest absolute Gasteiger partial charge is 0.243 e. The largest absolute Gasteiger partial charge is 0.376 e. The van der Waals surface area contributed by atoms with Gasteiger partial charge in [-0.15, -0.1) is 0 Å². The zero-order chi connectivity index (χ0) is 13.7. The van der Waals surface area contributed by atoms with Gasteiger partial charge in [-0.2, -0.15) is 0 Å². The van der Waals surface area contributed by atoms with Gasteiger partial charge in [-0.25, -0.2) is 0 Å². The van der Waals surface area contributed by atoms with Crippen LogP contribution in [0.25, 0.3) is 0 Å². The lowest BCUT2D eigenvalue weighted by Crippen LogP contribution is -2.21. The third-order valence-corrected chi connectivity index (χ3v) is 3.25. The van der Waals surface area contributed by atoms with Crippen LogP contribution in [0.15, 0.2) is 48.5 Å². The first-order valence-electron chi connectivity index (χ1n) is 5.99. The SMILES string of the molecule is Cc1cccc(NC(=O)CNc2cccc(I)c2)c1. The third-order valence-electron chi connectivity index (χ3n) is 2.58. The minimum atomic E-state index is -0.0514. The minimum absolute atomic E-state index is 0.0514. The topological polar surface area (TPSA) is 41.1 Å². The molecule has 0 fully saturated rings. The van der Waals surface area contributed by atoms with Gasteiger partial charge in [-0.3, -0.25) is 4.79 Å². The van der Waals surface area contributed by atoms with Crippen molar-refractivity contribution in [1.82, 2.24) is 0 Å². The van der Waals surface area contributed by atoms with Gasteiger partial charge < -0.3 is 10.6 Å². The molecule has 2 N–H and O–H groups in total. The molecule has 0 saturated carbocycles. The van der Waals surface area contributed by atoms with Crippen molar-refractivity contribution in [1.29, 1.82) is 0 Å². The van der Waals surface area contributed by atoms with E-state index >= 15 is 0 Å². The highest BCUT2D eigenvalue weighted by atomic mass is 127. The van der Waals surface area contributed by atoms with Crippen molar-refractivity contribution < 1.29 is 4.79 Å². The second-order valence-corrected chi connectivity index (χ2v) is 5.53. The summed E-state index contributed by atoms with van der Waals surface area (Å²) in [5, 5.41) is 5.97.